The number of amides is 2. The number of urea groups is 1. The summed E-state index contributed by atoms with van der Waals surface area (Å²) in [6.45, 7) is 7.62. The van der Waals surface area contributed by atoms with Crippen molar-refractivity contribution in [3.63, 3.8) is 0 Å². The molecule has 0 aliphatic carbocycles. The maximum atomic E-state index is 12.4. The maximum Gasteiger partial charge on any atom is 0.317 e. The van der Waals surface area contributed by atoms with E-state index in [0.29, 0.717) is 6.04 Å². The second-order valence-corrected chi connectivity index (χ2v) is 6.53. The molecular weight excluding hydrogens is 270 g/mol. The first-order chi connectivity index (χ1) is 9.97. The number of carbonyl (C=O) groups excluding carboxylic acids is 1. The molecule has 2 fully saturated rings. The van der Waals surface area contributed by atoms with Crippen LogP contribution < -0.4 is 5.32 Å². The average Bonchev–Trinajstić information content (AvgIpc) is 2.74. The van der Waals surface area contributed by atoms with Crippen molar-refractivity contribution in [3.8, 4) is 0 Å². The lowest BCUT2D eigenvalue weighted by atomic mass is 10.0. The van der Waals surface area contributed by atoms with E-state index in [1.54, 1.807) is 0 Å². The summed E-state index contributed by atoms with van der Waals surface area (Å²) < 4.78 is 0. The standard InChI is InChI=1S/C15H27N3O3/c1-11(2)13(9-14(19)20)16-15(21)18-8-4-7-17-6-3-5-12(17)10-18/h11-13H,3-10H2,1-2H3,(H,16,21)(H,19,20). The number of rotatable bonds is 4. The molecule has 2 atom stereocenters. The lowest BCUT2D eigenvalue weighted by molar-refractivity contribution is -0.137. The minimum atomic E-state index is -0.869. The van der Waals surface area contributed by atoms with E-state index in [1.807, 2.05) is 18.7 Å². The minimum absolute atomic E-state index is 0.0210. The van der Waals surface area contributed by atoms with Crippen molar-refractivity contribution in [1.82, 2.24) is 15.1 Å². The number of carboxylic acid groups (broad SMARTS) is 1. The van der Waals surface area contributed by atoms with Gasteiger partial charge in [0, 0.05) is 31.7 Å². The smallest absolute Gasteiger partial charge is 0.317 e. The summed E-state index contributed by atoms with van der Waals surface area (Å²) in [4.78, 5) is 27.7. The van der Waals surface area contributed by atoms with Crippen molar-refractivity contribution in [3.05, 3.63) is 0 Å². The van der Waals surface area contributed by atoms with Crippen LogP contribution in [0.1, 0.15) is 39.5 Å². The predicted octanol–water partition coefficient (Wildman–Crippen LogP) is 1.37. The van der Waals surface area contributed by atoms with Crippen molar-refractivity contribution < 1.29 is 14.7 Å². The van der Waals surface area contributed by atoms with Gasteiger partial charge < -0.3 is 15.3 Å². The molecule has 2 aliphatic heterocycles. The third-order valence-corrected chi connectivity index (χ3v) is 4.60. The van der Waals surface area contributed by atoms with Crippen LogP contribution >= 0.6 is 0 Å². The Kier molecular flexibility index (Phi) is 5.45. The van der Waals surface area contributed by atoms with Gasteiger partial charge in [-0.2, -0.15) is 0 Å². The molecule has 0 bridgehead atoms. The summed E-state index contributed by atoms with van der Waals surface area (Å²) in [7, 11) is 0. The molecule has 2 heterocycles. The zero-order valence-electron chi connectivity index (χ0n) is 13.0. The quantitative estimate of drug-likeness (QED) is 0.822. The average molecular weight is 297 g/mol. The monoisotopic (exact) mass is 297 g/mol. The van der Waals surface area contributed by atoms with Crippen molar-refractivity contribution in [2.75, 3.05) is 26.2 Å². The highest BCUT2D eigenvalue weighted by Gasteiger charge is 2.31. The van der Waals surface area contributed by atoms with Gasteiger partial charge in [0.15, 0.2) is 0 Å². The Bertz CT molecular complexity index is 386. The van der Waals surface area contributed by atoms with Crippen LogP contribution in [-0.2, 0) is 4.79 Å². The summed E-state index contributed by atoms with van der Waals surface area (Å²) in [5, 5.41) is 11.9. The van der Waals surface area contributed by atoms with Crippen LogP contribution in [0.2, 0.25) is 0 Å². The number of aliphatic carboxylic acids is 1. The SMILES string of the molecule is CC(C)C(CC(=O)O)NC(=O)N1CCCN2CCCC2C1. The summed E-state index contributed by atoms with van der Waals surface area (Å²) in [6, 6.07) is 0.0665. The second kappa shape index (κ2) is 7.11. The fourth-order valence-electron chi connectivity index (χ4n) is 3.28. The van der Waals surface area contributed by atoms with Gasteiger partial charge in [-0.1, -0.05) is 13.8 Å². The molecule has 0 aromatic rings. The van der Waals surface area contributed by atoms with Crippen LogP contribution in [0, 0.1) is 5.92 Å². The van der Waals surface area contributed by atoms with Gasteiger partial charge in [0.2, 0.25) is 0 Å². The molecule has 6 nitrogen and oxygen atoms in total. The number of hydrogen-bond acceptors (Lipinski definition) is 3. The van der Waals surface area contributed by atoms with E-state index in [4.69, 9.17) is 5.11 Å². The highest BCUT2D eigenvalue weighted by Crippen LogP contribution is 2.21. The molecule has 2 unspecified atom stereocenters. The molecule has 0 aromatic heterocycles. The number of nitrogens with zero attached hydrogens (tertiary/aromatic N) is 2. The van der Waals surface area contributed by atoms with Gasteiger partial charge >= 0.3 is 12.0 Å². The van der Waals surface area contributed by atoms with Crippen molar-refractivity contribution in [2.24, 2.45) is 5.92 Å². The van der Waals surface area contributed by atoms with Crippen LogP contribution in [0.5, 0.6) is 0 Å². The topological polar surface area (TPSA) is 72.9 Å². The Morgan fingerprint density at radius 3 is 2.62 bits per heavy atom. The molecule has 120 valence electrons. The van der Waals surface area contributed by atoms with Crippen molar-refractivity contribution in [1.29, 1.82) is 0 Å². The van der Waals surface area contributed by atoms with Gasteiger partial charge in [0.05, 0.1) is 6.42 Å². The van der Waals surface area contributed by atoms with Gasteiger partial charge in [0.25, 0.3) is 0 Å². The lowest BCUT2D eigenvalue weighted by Crippen LogP contribution is -2.49. The molecule has 0 spiro atoms. The number of hydrogen-bond donors (Lipinski definition) is 2. The van der Waals surface area contributed by atoms with E-state index in [1.165, 1.54) is 6.42 Å². The van der Waals surface area contributed by atoms with E-state index in [-0.39, 0.29) is 24.4 Å². The van der Waals surface area contributed by atoms with Gasteiger partial charge in [-0.15, -0.1) is 0 Å². The first-order valence-corrected chi connectivity index (χ1v) is 7.98. The summed E-state index contributed by atoms with van der Waals surface area (Å²) >= 11 is 0. The van der Waals surface area contributed by atoms with Gasteiger partial charge in [0.1, 0.15) is 0 Å². The number of carbonyl (C=O) groups is 2. The van der Waals surface area contributed by atoms with Gasteiger partial charge in [-0.25, -0.2) is 4.79 Å². The second-order valence-electron chi connectivity index (χ2n) is 6.53. The summed E-state index contributed by atoms with van der Waals surface area (Å²) in [6.07, 6.45) is 3.35. The van der Waals surface area contributed by atoms with Crippen molar-refractivity contribution in [2.45, 2.75) is 51.6 Å². The normalized spacial score (nSPS) is 24.5. The fourth-order valence-corrected chi connectivity index (χ4v) is 3.28. The predicted molar refractivity (Wildman–Crippen MR) is 80.2 cm³/mol. The third kappa shape index (κ3) is 4.33. The highest BCUT2D eigenvalue weighted by molar-refractivity contribution is 5.76. The van der Waals surface area contributed by atoms with E-state index in [0.717, 1.165) is 39.0 Å². The highest BCUT2D eigenvalue weighted by atomic mass is 16.4. The lowest BCUT2D eigenvalue weighted by Gasteiger charge is -2.29. The maximum absolute atomic E-state index is 12.4. The first-order valence-electron chi connectivity index (χ1n) is 7.98. The Hall–Kier alpha value is -1.30. The molecule has 21 heavy (non-hydrogen) atoms. The Morgan fingerprint density at radius 2 is 1.95 bits per heavy atom. The van der Waals surface area contributed by atoms with Crippen LogP contribution in [0.15, 0.2) is 0 Å². The molecule has 2 aliphatic rings. The van der Waals surface area contributed by atoms with Crippen LogP contribution in [-0.4, -0.2) is 65.2 Å². The number of carboxylic acids is 1. The molecule has 2 saturated heterocycles. The molecular formula is C15H27N3O3. The van der Waals surface area contributed by atoms with Crippen LogP contribution in [0.3, 0.4) is 0 Å². The number of fused-ring (bicyclic) bond motifs is 1. The zero-order valence-corrected chi connectivity index (χ0v) is 13.0. The molecule has 0 saturated carbocycles. The molecule has 2 amide bonds. The van der Waals surface area contributed by atoms with Gasteiger partial charge in [-0.3, -0.25) is 9.69 Å². The fraction of sp³-hybridized carbons (Fsp3) is 0.867. The zero-order chi connectivity index (χ0) is 15.4. The molecule has 2 N–H and O–H groups in total. The first kappa shape index (κ1) is 16.1. The minimum Gasteiger partial charge on any atom is -0.481 e. The Morgan fingerprint density at radius 1 is 1.24 bits per heavy atom. The van der Waals surface area contributed by atoms with E-state index >= 15 is 0 Å². The van der Waals surface area contributed by atoms with E-state index in [2.05, 4.69) is 10.2 Å². The number of nitrogens with one attached hydrogen (secondary N) is 1. The molecule has 2 rings (SSSR count). The summed E-state index contributed by atoms with van der Waals surface area (Å²) in [5.74, 6) is -0.758. The molecule has 6 heteroatoms. The third-order valence-electron chi connectivity index (χ3n) is 4.60. The van der Waals surface area contributed by atoms with E-state index < -0.39 is 5.97 Å². The Labute approximate surface area is 126 Å². The van der Waals surface area contributed by atoms with E-state index in [9.17, 15) is 9.59 Å². The molecule has 0 aromatic carbocycles. The largest absolute Gasteiger partial charge is 0.481 e. The molecule has 0 radical (unpaired) electrons. The summed E-state index contributed by atoms with van der Waals surface area (Å²) in [5.41, 5.74) is 0. The van der Waals surface area contributed by atoms with Crippen LogP contribution in [0.4, 0.5) is 4.79 Å². The Balaban J connectivity index is 1.93. The van der Waals surface area contributed by atoms with Crippen LogP contribution in [0.25, 0.3) is 0 Å². The van der Waals surface area contributed by atoms with Gasteiger partial charge in [-0.05, 0) is 31.7 Å². The van der Waals surface area contributed by atoms with Crippen molar-refractivity contribution >= 4 is 12.0 Å².